The first kappa shape index (κ1) is 12.1. The summed E-state index contributed by atoms with van der Waals surface area (Å²) in [5.74, 6) is 0.665. The van der Waals surface area contributed by atoms with Crippen molar-refractivity contribution in [2.24, 2.45) is 0 Å². The summed E-state index contributed by atoms with van der Waals surface area (Å²) in [6.45, 7) is 1.76. The highest BCUT2D eigenvalue weighted by Crippen LogP contribution is 2.30. The van der Waals surface area contributed by atoms with Crippen molar-refractivity contribution >= 4 is 17.4 Å². The standard InChI is InChI=1S/C10H7N5O2S/c1-6-12-10(14-13-6)18-9-3-2-8(15(16)17)4-7(9)5-11/h2-4H,1H3,(H,12,13,14). The Labute approximate surface area is 106 Å². The second-order valence-corrected chi connectivity index (χ2v) is 4.36. The number of nitro benzene ring substituents is 1. The Morgan fingerprint density at radius 3 is 2.89 bits per heavy atom. The molecular formula is C10H7N5O2S. The third kappa shape index (κ3) is 2.46. The zero-order chi connectivity index (χ0) is 13.1. The van der Waals surface area contributed by atoms with Crippen molar-refractivity contribution in [1.29, 1.82) is 5.26 Å². The lowest BCUT2D eigenvalue weighted by Crippen LogP contribution is -1.90. The van der Waals surface area contributed by atoms with Crippen LogP contribution < -0.4 is 0 Å². The monoisotopic (exact) mass is 261 g/mol. The lowest BCUT2D eigenvalue weighted by molar-refractivity contribution is -0.384. The van der Waals surface area contributed by atoms with E-state index in [1.54, 1.807) is 6.92 Å². The van der Waals surface area contributed by atoms with Gasteiger partial charge in [0, 0.05) is 17.0 Å². The third-order valence-electron chi connectivity index (χ3n) is 2.07. The molecule has 90 valence electrons. The van der Waals surface area contributed by atoms with Crippen molar-refractivity contribution < 1.29 is 4.92 Å². The quantitative estimate of drug-likeness (QED) is 0.669. The Morgan fingerprint density at radius 2 is 2.33 bits per heavy atom. The molecule has 0 spiro atoms. The van der Waals surface area contributed by atoms with E-state index in [9.17, 15) is 10.1 Å². The molecule has 0 aliphatic carbocycles. The molecule has 2 aromatic rings. The number of nitro groups is 1. The van der Waals surface area contributed by atoms with Crippen LogP contribution in [-0.2, 0) is 0 Å². The van der Waals surface area contributed by atoms with E-state index < -0.39 is 4.92 Å². The number of aryl methyl sites for hydroxylation is 1. The van der Waals surface area contributed by atoms with E-state index in [1.807, 2.05) is 6.07 Å². The summed E-state index contributed by atoms with van der Waals surface area (Å²) in [7, 11) is 0. The number of nitrogens with one attached hydrogen (secondary N) is 1. The van der Waals surface area contributed by atoms with Gasteiger partial charge in [-0.3, -0.25) is 15.2 Å². The highest BCUT2D eigenvalue weighted by molar-refractivity contribution is 7.99. The first-order valence-corrected chi connectivity index (χ1v) is 5.67. The smallest absolute Gasteiger partial charge is 0.262 e. The van der Waals surface area contributed by atoms with Crippen LogP contribution in [0.2, 0.25) is 0 Å². The normalized spacial score (nSPS) is 10.0. The van der Waals surface area contributed by atoms with Gasteiger partial charge in [0.25, 0.3) is 5.69 Å². The second-order valence-electron chi connectivity index (χ2n) is 3.35. The van der Waals surface area contributed by atoms with Gasteiger partial charge in [-0.1, -0.05) is 0 Å². The number of H-pyrrole nitrogens is 1. The van der Waals surface area contributed by atoms with E-state index in [2.05, 4.69) is 15.2 Å². The van der Waals surface area contributed by atoms with Crippen molar-refractivity contribution in [3.05, 3.63) is 39.7 Å². The maximum absolute atomic E-state index is 10.6. The fraction of sp³-hybridized carbons (Fsp3) is 0.100. The Kier molecular flexibility index (Phi) is 3.25. The number of aromatic amines is 1. The van der Waals surface area contributed by atoms with E-state index >= 15 is 0 Å². The van der Waals surface area contributed by atoms with E-state index in [0.29, 0.717) is 15.9 Å². The van der Waals surface area contributed by atoms with Crippen molar-refractivity contribution in [2.45, 2.75) is 17.0 Å². The molecule has 8 heteroatoms. The van der Waals surface area contributed by atoms with Gasteiger partial charge in [0.1, 0.15) is 11.9 Å². The van der Waals surface area contributed by atoms with E-state index in [0.717, 1.165) is 0 Å². The van der Waals surface area contributed by atoms with Crippen LogP contribution in [0.5, 0.6) is 0 Å². The summed E-state index contributed by atoms with van der Waals surface area (Å²) in [6, 6.07) is 6.04. The van der Waals surface area contributed by atoms with Gasteiger partial charge >= 0.3 is 0 Å². The average Bonchev–Trinajstić information content (AvgIpc) is 2.75. The number of nitrogens with zero attached hydrogens (tertiary/aromatic N) is 4. The van der Waals surface area contributed by atoms with Crippen molar-refractivity contribution in [2.75, 3.05) is 0 Å². The van der Waals surface area contributed by atoms with E-state index in [-0.39, 0.29) is 11.3 Å². The van der Waals surface area contributed by atoms with Gasteiger partial charge in [-0.15, -0.1) is 5.10 Å². The lowest BCUT2D eigenvalue weighted by Gasteiger charge is -1.99. The molecular weight excluding hydrogens is 254 g/mol. The predicted octanol–water partition coefficient (Wildman–Crippen LogP) is 2.04. The Bertz CT molecular complexity index is 646. The number of hydrogen-bond acceptors (Lipinski definition) is 6. The molecule has 7 nitrogen and oxygen atoms in total. The largest absolute Gasteiger partial charge is 0.270 e. The molecule has 1 heterocycles. The fourth-order valence-corrected chi connectivity index (χ4v) is 2.10. The second kappa shape index (κ2) is 4.85. The van der Waals surface area contributed by atoms with Crippen molar-refractivity contribution in [3.63, 3.8) is 0 Å². The number of hydrogen-bond donors (Lipinski definition) is 1. The summed E-state index contributed by atoms with van der Waals surface area (Å²) >= 11 is 1.18. The van der Waals surface area contributed by atoms with Gasteiger partial charge in [0.05, 0.1) is 10.5 Å². The summed E-state index contributed by atoms with van der Waals surface area (Å²) in [5.41, 5.74) is 0.124. The molecule has 1 aromatic heterocycles. The van der Waals surface area contributed by atoms with Gasteiger partial charge in [-0.05, 0) is 24.8 Å². The molecule has 0 aliphatic heterocycles. The molecule has 0 amide bonds. The van der Waals surface area contributed by atoms with Crippen molar-refractivity contribution in [1.82, 2.24) is 15.2 Å². The minimum Gasteiger partial charge on any atom is -0.262 e. The number of aromatic nitrogens is 3. The van der Waals surface area contributed by atoms with Crippen LogP contribution >= 0.6 is 11.8 Å². The van der Waals surface area contributed by atoms with Crippen LogP contribution in [0.1, 0.15) is 11.4 Å². The highest BCUT2D eigenvalue weighted by atomic mass is 32.2. The molecule has 2 rings (SSSR count). The topological polar surface area (TPSA) is 108 Å². The summed E-state index contributed by atoms with van der Waals surface area (Å²) in [4.78, 5) is 14.7. The maximum Gasteiger partial charge on any atom is 0.270 e. The fourth-order valence-electron chi connectivity index (χ4n) is 1.27. The molecule has 0 aliphatic rings. The summed E-state index contributed by atoms with van der Waals surface area (Å²) < 4.78 is 0. The van der Waals surface area contributed by atoms with Gasteiger partial charge in [0.2, 0.25) is 5.16 Å². The van der Waals surface area contributed by atoms with Crippen LogP contribution in [0.25, 0.3) is 0 Å². The first-order chi connectivity index (χ1) is 8.60. The molecule has 1 aromatic carbocycles. The van der Waals surface area contributed by atoms with Crippen LogP contribution in [0, 0.1) is 28.4 Å². The molecule has 1 N–H and O–H groups in total. The zero-order valence-electron chi connectivity index (χ0n) is 9.25. The minimum absolute atomic E-state index is 0.109. The highest BCUT2D eigenvalue weighted by Gasteiger charge is 2.13. The van der Waals surface area contributed by atoms with E-state index in [4.69, 9.17) is 5.26 Å². The predicted molar refractivity (Wildman–Crippen MR) is 63.1 cm³/mol. The molecule has 0 radical (unpaired) electrons. The molecule has 0 unspecified atom stereocenters. The minimum atomic E-state index is -0.535. The molecule has 0 bridgehead atoms. The SMILES string of the molecule is Cc1nc(Sc2ccc([N+](=O)[O-])cc2C#N)n[nH]1. The van der Waals surface area contributed by atoms with Gasteiger partial charge in [-0.2, -0.15) is 5.26 Å². The Hall–Kier alpha value is -2.40. The van der Waals surface area contributed by atoms with Crippen LogP contribution in [-0.4, -0.2) is 20.1 Å². The molecule has 0 atom stereocenters. The summed E-state index contributed by atoms with van der Waals surface area (Å²) in [5, 5.41) is 26.7. The molecule has 0 saturated heterocycles. The van der Waals surface area contributed by atoms with E-state index in [1.165, 1.54) is 30.0 Å². The van der Waals surface area contributed by atoms with Gasteiger partial charge in [0.15, 0.2) is 0 Å². The van der Waals surface area contributed by atoms with Crippen molar-refractivity contribution in [3.8, 4) is 6.07 Å². The number of rotatable bonds is 3. The Balaban J connectivity index is 2.34. The first-order valence-electron chi connectivity index (χ1n) is 4.85. The summed E-state index contributed by atoms with van der Waals surface area (Å²) in [6.07, 6.45) is 0. The maximum atomic E-state index is 10.6. The molecule has 18 heavy (non-hydrogen) atoms. The Morgan fingerprint density at radius 1 is 1.56 bits per heavy atom. The number of benzene rings is 1. The zero-order valence-corrected chi connectivity index (χ0v) is 10.1. The molecule has 0 saturated carbocycles. The third-order valence-corrected chi connectivity index (χ3v) is 3.01. The number of non-ortho nitro benzene ring substituents is 1. The van der Waals surface area contributed by atoms with Crippen LogP contribution in [0.15, 0.2) is 28.3 Å². The number of nitriles is 1. The van der Waals surface area contributed by atoms with Gasteiger partial charge < -0.3 is 0 Å². The average molecular weight is 261 g/mol. The van der Waals surface area contributed by atoms with Crippen LogP contribution in [0.4, 0.5) is 5.69 Å². The molecule has 0 fully saturated rings. The van der Waals surface area contributed by atoms with Crippen LogP contribution in [0.3, 0.4) is 0 Å². The lowest BCUT2D eigenvalue weighted by atomic mass is 10.2. The van der Waals surface area contributed by atoms with Gasteiger partial charge in [-0.25, -0.2) is 4.98 Å².